The standard InChI is InChI=1S/C9H13N3S/c1-6-11-8(9(10)13)7-4-2-3-5-12(6)7/h2-5H2,1H3,(H2,10,13). The average Bonchev–Trinajstić information content (AvgIpc) is 2.45. The summed E-state index contributed by atoms with van der Waals surface area (Å²) < 4.78 is 2.23. The summed E-state index contributed by atoms with van der Waals surface area (Å²) in [5.74, 6) is 1.04. The summed E-state index contributed by atoms with van der Waals surface area (Å²) in [5.41, 5.74) is 7.68. The van der Waals surface area contributed by atoms with Crippen LogP contribution in [-0.2, 0) is 13.0 Å². The molecule has 3 nitrogen and oxygen atoms in total. The number of nitrogens with two attached hydrogens (primary N) is 1. The molecule has 0 aromatic carbocycles. The van der Waals surface area contributed by atoms with Crippen LogP contribution in [0.2, 0.25) is 0 Å². The Hall–Kier alpha value is -0.900. The minimum Gasteiger partial charge on any atom is -0.388 e. The molecule has 4 heteroatoms. The van der Waals surface area contributed by atoms with Crippen molar-refractivity contribution in [2.45, 2.75) is 32.7 Å². The van der Waals surface area contributed by atoms with E-state index in [0.717, 1.165) is 24.5 Å². The first-order chi connectivity index (χ1) is 6.20. The number of aryl methyl sites for hydroxylation is 1. The van der Waals surface area contributed by atoms with Crippen molar-refractivity contribution in [1.29, 1.82) is 0 Å². The van der Waals surface area contributed by atoms with Gasteiger partial charge in [-0.2, -0.15) is 0 Å². The van der Waals surface area contributed by atoms with Crippen LogP contribution in [-0.4, -0.2) is 14.5 Å². The highest BCUT2D eigenvalue weighted by Crippen LogP contribution is 2.20. The second kappa shape index (κ2) is 3.10. The van der Waals surface area contributed by atoms with E-state index in [2.05, 4.69) is 9.55 Å². The van der Waals surface area contributed by atoms with Crippen LogP contribution < -0.4 is 5.73 Å². The fourth-order valence-electron chi connectivity index (χ4n) is 1.92. The van der Waals surface area contributed by atoms with Crippen LogP contribution >= 0.6 is 12.2 Å². The van der Waals surface area contributed by atoms with Gasteiger partial charge < -0.3 is 10.3 Å². The summed E-state index contributed by atoms with van der Waals surface area (Å²) >= 11 is 4.96. The van der Waals surface area contributed by atoms with Gasteiger partial charge in [0.1, 0.15) is 16.5 Å². The number of imidazole rings is 1. The molecular weight excluding hydrogens is 182 g/mol. The Morgan fingerprint density at radius 3 is 3.00 bits per heavy atom. The zero-order chi connectivity index (χ0) is 9.42. The van der Waals surface area contributed by atoms with E-state index in [0.29, 0.717) is 4.99 Å². The molecule has 0 unspecified atom stereocenters. The van der Waals surface area contributed by atoms with Crippen molar-refractivity contribution >= 4 is 17.2 Å². The van der Waals surface area contributed by atoms with E-state index >= 15 is 0 Å². The molecule has 2 heterocycles. The Labute approximate surface area is 83.0 Å². The molecule has 0 atom stereocenters. The Morgan fingerprint density at radius 2 is 2.31 bits per heavy atom. The number of aromatic nitrogens is 2. The minimum atomic E-state index is 0.429. The average molecular weight is 195 g/mol. The molecule has 1 aromatic heterocycles. The van der Waals surface area contributed by atoms with E-state index in [1.54, 1.807) is 0 Å². The third kappa shape index (κ3) is 1.35. The fourth-order valence-corrected chi connectivity index (χ4v) is 2.08. The van der Waals surface area contributed by atoms with Gasteiger partial charge in [-0.3, -0.25) is 0 Å². The zero-order valence-electron chi connectivity index (χ0n) is 7.71. The minimum absolute atomic E-state index is 0.429. The van der Waals surface area contributed by atoms with Crippen molar-refractivity contribution in [3.05, 3.63) is 17.2 Å². The molecule has 1 aromatic rings. The van der Waals surface area contributed by atoms with Crippen LogP contribution in [0.5, 0.6) is 0 Å². The van der Waals surface area contributed by atoms with Gasteiger partial charge in [0.2, 0.25) is 0 Å². The molecule has 0 saturated heterocycles. The summed E-state index contributed by atoms with van der Waals surface area (Å²) in [6.07, 6.45) is 3.52. The third-order valence-electron chi connectivity index (χ3n) is 2.54. The molecule has 1 aliphatic heterocycles. The number of rotatable bonds is 1. The van der Waals surface area contributed by atoms with Crippen LogP contribution in [0.15, 0.2) is 0 Å². The molecular formula is C9H13N3S. The lowest BCUT2D eigenvalue weighted by atomic mass is 10.1. The molecule has 1 aliphatic rings. The second-order valence-electron chi connectivity index (χ2n) is 3.43. The monoisotopic (exact) mass is 195 g/mol. The number of thiocarbonyl (C=S) groups is 1. The second-order valence-corrected chi connectivity index (χ2v) is 3.87. The van der Waals surface area contributed by atoms with Crippen molar-refractivity contribution in [2.75, 3.05) is 0 Å². The Balaban J connectivity index is 2.53. The van der Waals surface area contributed by atoms with Gasteiger partial charge in [0.25, 0.3) is 0 Å². The number of hydrogen-bond acceptors (Lipinski definition) is 2. The predicted octanol–water partition coefficient (Wildman–Crippen LogP) is 1.16. The number of fused-ring (bicyclic) bond motifs is 1. The molecule has 0 radical (unpaired) electrons. The maximum Gasteiger partial charge on any atom is 0.124 e. The number of nitrogens with zero attached hydrogens (tertiary/aromatic N) is 2. The molecule has 0 amide bonds. The molecule has 2 rings (SSSR count). The van der Waals surface area contributed by atoms with Gasteiger partial charge in [-0.1, -0.05) is 12.2 Å². The van der Waals surface area contributed by atoms with Gasteiger partial charge in [-0.05, 0) is 26.2 Å². The van der Waals surface area contributed by atoms with Crippen LogP contribution in [0.4, 0.5) is 0 Å². The summed E-state index contributed by atoms with van der Waals surface area (Å²) in [6, 6.07) is 0. The summed E-state index contributed by atoms with van der Waals surface area (Å²) in [5, 5.41) is 0. The van der Waals surface area contributed by atoms with Crippen molar-refractivity contribution < 1.29 is 0 Å². The first kappa shape index (κ1) is 8.69. The first-order valence-electron chi connectivity index (χ1n) is 4.56. The Morgan fingerprint density at radius 1 is 1.54 bits per heavy atom. The molecule has 0 saturated carbocycles. The van der Waals surface area contributed by atoms with E-state index in [4.69, 9.17) is 18.0 Å². The third-order valence-corrected chi connectivity index (χ3v) is 2.74. The quantitative estimate of drug-likeness (QED) is 0.684. The Kier molecular flexibility index (Phi) is 2.07. The fraction of sp³-hybridized carbons (Fsp3) is 0.556. The molecule has 70 valence electrons. The van der Waals surface area contributed by atoms with E-state index in [-0.39, 0.29) is 0 Å². The van der Waals surface area contributed by atoms with E-state index in [9.17, 15) is 0 Å². The van der Waals surface area contributed by atoms with Crippen molar-refractivity contribution in [2.24, 2.45) is 5.73 Å². The van der Waals surface area contributed by atoms with Gasteiger partial charge in [0, 0.05) is 12.2 Å². The smallest absolute Gasteiger partial charge is 0.124 e. The normalized spacial score (nSPS) is 15.5. The highest BCUT2D eigenvalue weighted by molar-refractivity contribution is 7.80. The largest absolute Gasteiger partial charge is 0.388 e. The molecule has 0 bridgehead atoms. The lowest BCUT2D eigenvalue weighted by Crippen LogP contribution is -2.16. The van der Waals surface area contributed by atoms with E-state index < -0.39 is 0 Å². The molecule has 0 fully saturated rings. The first-order valence-corrected chi connectivity index (χ1v) is 4.97. The van der Waals surface area contributed by atoms with E-state index in [1.165, 1.54) is 18.5 Å². The molecule has 13 heavy (non-hydrogen) atoms. The topological polar surface area (TPSA) is 43.8 Å². The molecule has 2 N–H and O–H groups in total. The van der Waals surface area contributed by atoms with Gasteiger partial charge >= 0.3 is 0 Å². The van der Waals surface area contributed by atoms with Crippen LogP contribution in [0.25, 0.3) is 0 Å². The lowest BCUT2D eigenvalue weighted by molar-refractivity contribution is 0.522. The van der Waals surface area contributed by atoms with Gasteiger partial charge in [0.05, 0.1) is 0 Å². The summed E-state index contributed by atoms with van der Waals surface area (Å²) in [4.78, 5) is 4.82. The van der Waals surface area contributed by atoms with Crippen LogP contribution in [0, 0.1) is 6.92 Å². The van der Waals surface area contributed by atoms with E-state index in [1.807, 2.05) is 6.92 Å². The highest BCUT2D eigenvalue weighted by Gasteiger charge is 2.18. The van der Waals surface area contributed by atoms with Crippen LogP contribution in [0.3, 0.4) is 0 Å². The summed E-state index contributed by atoms with van der Waals surface area (Å²) in [6.45, 7) is 3.08. The van der Waals surface area contributed by atoms with Gasteiger partial charge in [-0.15, -0.1) is 0 Å². The van der Waals surface area contributed by atoms with Gasteiger partial charge in [0.15, 0.2) is 0 Å². The van der Waals surface area contributed by atoms with Gasteiger partial charge in [-0.25, -0.2) is 4.98 Å². The SMILES string of the molecule is Cc1nc(C(N)=S)c2n1CCCC2. The maximum atomic E-state index is 5.61. The Bertz CT molecular complexity index is 354. The maximum absolute atomic E-state index is 5.61. The number of hydrogen-bond donors (Lipinski definition) is 1. The highest BCUT2D eigenvalue weighted by atomic mass is 32.1. The zero-order valence-corrected chi connectivity index (χ0v) is 8.52. The molecule has 0 aliphatic carbocycles. The molecule has 0 spiro atoms. The van der Waals surface area contributed by atoms with Crippen molar-refractivity contribution in [3.63, 3.8) is 0 Å². The van der Waals surface area contributed by atoms with Crippen LogP contribution in [0.1, 0.15) is 30.1 Å². The summed E-state index contributed by atoms with van der Waals surface area (Å²) in [7, 11) is 0. The lowest BCUT2D eigenvalue weighted by Gasteiger charge is -2.15. The predicted molar refractivity (Wildman–Crippen MR) is 55.8 cm³/mol. The van der Waals surface area contributed by atoms with Crippen molar-refractivity contribution in [1.82, 2.24) is 9.55 Å². The van der Waals surface area contributed by atoms with Crippen molar-refractivity contribution in [3.8, 4) is 0 Å².